The minimum atomic E-state index is 0.535. The fourth-order valence-electron chi connectivity index (χ4n) is 2.08. The predicted octanol–water partition coefficient (Wildman–Crippen LogP) is 2.23. The molecule has 0 bridgehead atoms. The summed E-state index contributed by atoms with van der Waals surface area (Å²) in [6, 6.07) is 0.535. The number of nitrogens with one attached hydrogen (secondary N) is 1. The summed E-state index contributed by atoms with van der Waals surface area (Å²) in [6.07, 6.45) is 2.39. The molecule has 0 aromatic carbocycles. The maximum atomic E-state index is 3.97. The van der Waals surface area contributed by atoms with E-state index in [-0.39, 0.29) is 0 Å². The Morgan fingerprint density at radius 3 is 2.86 bits per heavy atom. The number of hydrogen-bond donors (Lipinski definition) is 1. The van der Waals surface area contributed by atoms with E-state index >= 15 is 0 Å². The first-order valence-corrected chi connectivity index (χ1v) is 5.78. The molecular formula is C12H24N2. The Kier molecular flexibility index (Phi) is 4.46. The molecule has 1 saturated heterocycles. The van der Waals surface area contributed by atoms with E-state index in [1.807, 2.05) is 0 Å². The summed E-state index contributed by atoms with van der Waals surface area (Å²) in [5.41, 5.74) is 1.16. The number of nitrogens with zero attached hydrogens (tertiary/aromatic N) is 1. The highest BCUT2D eigenvalue weighted by molar-refractivity contribution is 4.92. The van der Waals surface area contributed by atoms with Crippen LogP contribution in [0.3, 0.4) is 0 Å². The number of likely N-dealkylation sites (tertiary alicyclic amines) is 1. The average molecular weight is 196 g/mol. The number of rotatable bonds is 5. The van der Waals surface area contributed by atoms with Crippen molar-refractivity contribution >= 4 is 0 Å². The Morgan fingerprint density at radius 1 is 1.64 bits per heavy atom. The van der Waals surface area contributed by atoms with E-state index < -0.39 is 0 Å². The average Bonchev–Trinajstić information content (AvgIpc) is 2.50. The monoisotopic (exact) mass is 196 g/mol. The van der Waals surface area contributed by atoms with Gasteiger partial charge in [0.2, 0.25) is 0 Å². The highest BCUT2D eigenvalue weighted by Gasteiger charge is 2.19. The first kappa shape index (κ1) is 11.6. The van der Waals surface area contributed by atoms with Gasteiger partial charge in [-0.05, 0) is 32.2 Å². The fraction of sp³-hybridized carbons (Fsp3) is 0.833. The van der Waals surface area contributed by atoms with Crippen LogP contribution in [-0.4, -0.2) is 30.6 Å². The van der Waals surface area contributed by atoms with Crippen molar-refractivity contribution in [2.24, 2.45) is 5.92 Å². The second-order valence-corrected chi connectivity index (χ2v) is 4.66. The highest BCUT2D eigenvalue weighted by Crippen LogP contribution is 2.14. The Morgan fingerprint density at radius 2 is 2.36 bits per heavy atom. The zero-order valence-electron chi connectivity index (χ0n) is 9.84. The van der Waals surface area contributed by atoms with Gasteiger partial charge in [-0.15, -0.1) is 0 Å². The molecule has 2 nitrogen and oxygen atoms in total. The zero-order chi connectivity index (χ0) is 10.6. The molecule has 1 N–H and O–H groups in total. The third-order valence-electron chi connectivity index (χ3n) is 2.92. The van der Waals surface area contributed by atoms with Crippen LogP contribution in [0.2, 0.25) is 0 Å². The van der Waals surface area contributed by atoms with Gasteiger partial charge in [-0.2, -0.15) is 0 Å². The Bertz CT molecular complexity index is 189. The molecule has 1 fully saturated rings. The van der Waals surface area contributed by atoms with Gasteiger partial charge in [0.25, 0.3) is 0 Å². The van der Waals surface area contributed by atoms with Gasteiger partial charge in [0, 0.05) is 24.8 Å². The molecule has 0 aromatic rings. The zero-order valence-corrected chi connectivity index (χ0v) is 9.84. The largest absolute Gasteiger partial charge is 0.385 e. The molecule has 0 aromatic heterocycles. The molecule has 1 aliphatic heterocycles. The topological polar surface area (TPSA) is 15.3 Å². The molecular weight excluding hydrogens is 172 g/mol. The van der Waals surface area contributed by atoms with Crippen LogP contribution >= 0.6 is 0 Å². The Labute approximate surface area is 88.4 Å². The van der Waals surface area contributed by atoms with Gasteiger partial charge in [0.1, 0.15) is 0 Å². The van der Waals surface area contributed by atoms with Crippen molar-refractivity contribution in [1.82, 2.24) is 10.2 Å². The molecule has 0 aliphatic carbocycles. The van der Waals surface area contributed by atoms with E-state index in [1.54, 1.807) is 0 Å². The van der Waals surface area contributed by atoms with Gasteiger partial charge < -0.3 is 10.2 Å². The lowest BCUT2D eigenvalue weighted by Gasteiger charge is -2.22. The van der Waals surface area contributed by atoms with Gasteiger partial charge >= 0.3 is 0 Å². The number of allylic oxidation sites excluding steroid dienone is 1. The quantitative estimate of drug-likeness (QED) is 0.725. The molecule has 14 heavy (non-hydrogen) atoms. The van der Waals surface area contributed by atoms with Crippen molar-refractivity contribution in [3.05, 3.63) is 12.3 Å². The molecule has 1 aliphatic rings. The van der Waals surface area contributed by atoms with E-state index in [4.69, 9.17) is 0 Å². The Balaban J connectivity index is 2.20. The highest BCUT2D eigenvalue weighted by atomic mass is 15.2. The predicted molar refractivity (Wildman–Crippen MR) is 62.2 cm³/mol. The van der Waals surface area contributed by atoms with Gasteiger partial charge in [-0.25, -0.2) is 0 Å². The molecule has 2 heteroatoms. The van der Waals surface area contributed by atoms with E-state index in [1.165, 1.54) is 19.5 Å². The second kappa shape index (κ2) is 5.40. The third-order valence-corrected chi connectivity index (χ3v) is 2.92. The summed E-state index contributed by atoms with van der Waals surface area (Å²) in [5, 5.41) is 3.44. The summed E-state index contributed by atoms with van der Waals surface area (Å²) in [5.74, 6) is 0.886. The molecule has 0 radical (unpaired) electrons. The molecule has 2 unspecified atom stereocenters. The molecule has 0 amide bonds. The first-order valence-electron chi connectivity index (χ1n) is 5.78. The van der Waals surface area contributed by atoms with Gasteiger partial charge in [0.05, 0.1) is 0 Å². The minimum absolute atomic E-state index is 0.535. The van der Waals surface area contributed by atoms with Crippen LogP contribution < -0.4 is 5.32 Å². The van der Waals surface area contributed by atoms with Crippen molar-refractivity contribution in [1.29, 1.82) is 0 Å². The number of hydrogen-bond acceptors (Lipinski definition) is 2. The molecule has 2 atom stereocenters. The second-order valence-electron chi connectivity index (χ2n) is 4.66. The van der Waals surface area contributed by atoms with Crippen LogP contribution in [0.5, 0.6) is 0 Å². The molecule has 82 valence electrons. The van der Waals surface area contributed by atoms with Crippen LogP contribution in [-0.2, 0) is 0 Å². The van der Waals surface area contributed by atoms with E-state index in [9.17, 15) is 0 Å². The van der Waals surface area contributed by atoms with Gasteiger partial charge in [0.15, 0.2) is 0 Å². The van der Waals surface area contributed by atoms with Crippen LogP contribution in [0, 0.1) is 5.92 Å². The molecule has 1 heterocycles. The molecule has 0 saturated carbocycles. The maximum Gasteiger partial charge on any atom is 0.0357 e. The fourth-order valence-corrected chi connectivity index (χ4v) is 2.08. The van der Waals surface area contributed by atoms with Crippen molar-refractivity contribution in [2.45, 2.75) is 39.7 Å². The summed E-state index contributed by atoms with van der Waals surface area (Å²) in [7, 11) is 0. The first-order chi connectivity index (χ1) is 6.61. The lowest BCUT2D eigenvalue weighted by atomic mass is 10.2. The van der Waals surface area contributed by atoms with Gasteiger partial charge in [-0.3, -0.25) is 0 Å². The third kappa shape index (κ3) is 3.70. The summed E-state index contributed by atoms with van der Waals surface area (Å²) in [6.45, 7) is 14.4. The van der Waals surface area contributed by atoms with Crippen molar-refractivity contribution < 1.29 is 0 Å². The Hall–Kier alpha value is -0.500. The van der Waals surface area contributed by atoms with E-state index in [2.05, 4.69) is 37.6 Å². The molecule has 0 spiro atoms. The smallest absolute Gasteiger partial charge is 0.0357 e. The summed E-state index contributed by atoms with van der Waals surface area (Å²) >= 11 is 0. The van der Waals surface area contributed by atoms with Crippen molar-refractivity contribution in [3.8, 4) is 0 Å². The van der Waals surface area contributed by atoms with E-state index in [0.29, 0.717) is 6.04 Å². The minimum Gasteiger partial charge on any atom is -0.385 e. The summed E-state index contributed by atoms with van der Waals surface area (Å²) < 4.78 is 0. The van der Waals surface area contributed by atoms with Crippen LogP contribution in [0.1, 0.15) is 33.6 Å². The van der Waals surface area contributed by atoms with E-state index in [0.717, 1.165) is 24.6 Å². The maximum absolute atomic E-state index is 3.97. The van der Waals surface area contributed by atoms with Crippen molar-refractivity contribution in [3.63, 3.8) is 0 Å². The van der Waals surface area contributed by atoms with Gasteiger partial charge in [-0.1, -0.05) is 20.4 Å². The van der Waals surface area contributed by atoms with Crippen LogP contribution in [0.4, 0.5) is 0 Å². The van der Waals surface area contributed by atoms with Crippen LogP contribution in [0.15, 0.2) is 12.3 Å². The standard InChI is InChI=1S/C12H24N2/c1-5-11(3)13-12(4)9-14-7-6-10(2)8-14/h10,12-13H,3,5-9H2,1-2,4H3. The van der Waals surface area contributed by atoms with Crippen LogP contribution in [0.25, 0.3) is 0 Å². The SMILES string of the molecule is C=C(CC)NC(C)CN1CCC(C)C1. The lowest BCUT2D eigenvalue weighted by Crippen LogP contribution is -2.37. The van der Waals surface area contributed by atoms with Crippen molar-refractivity contribution in [2.75, 3.05) is 19.6 Å². The lowest BCUT2D eigenvalue weighted by molar-refractivity contribution is 0.297. The molecule has 1 rings (SSSR count). The normalized spacial score (nSPS) is 24.9. The summed E-state index contributed by atoms with van der Waals surface area (Å²) in [4.78, 5) is 2.55.